The maximum absolute atomic E-state index is 13.7. The molecular formula is C21H23F2N9O. The molecule has 4 heterocycles. The van der Waals surface area contributed by atoms with Crippen molar-refractivity contribution in [3.63, 3.8) is 0 Å². The summed E-state index contributed by atoms with van der Waals surface area (Å²) in [5.41, 5.74) is 3.05. The zero-order valence-corrected chi connectivity index (χ0v) is 18.0. The van der Waals surface area contributed by atoms with E-state index in [1.807, 2.05) is 11.8 Å². The van der Waals surface area contributed by atoms with Crippen molar-refractivity contribution in [1.29, 1.82) is 0 Å². The van der Waals surface area contributed by atoms with Crippen LogP contribution in [0.4, 0.5) is 14.7 Å². The highest BCUT2D eigenvalue weighted by molar-refractivity contribution is 5.92. The van der Waals surface area contributed by atoms with Crippen LogP contribution >= 0.6 is 0 Å². The van der Waals surface area contributed by atoms with Crippen molar-refractivity contribution in [3.8, 4) is 0 Å². The summed E-state index contributed by atoms with van der Waals surface area (Å²) < 4.78 is 28.8. The van der Waals surface area contributed by atoms with Gasteiger partial charge in [0.2, 0.25) is 5.95 Å². The average molecular weight is 455 g/mol. The van der Waals surface area contributed by atoms with Gasteiger partial charge in [-0.25, -0.2) is 23.4 Å². The quantitative estimate of drug-likeness (QED) is 0.583. The average Bonchev–Trinajstić information content (AvgIpc) is 3.27. The molecule has 3 aromatic heterocycles. The van der Waals surface area contributed by atoms with E-state index < -0.39 is 6.43 Å². The van der Waals surface area contributed by atoms with E-state index in [0.29, 0.717) is 17.8 Å². The largest absolute Gasteiger partial charge is 0.342 e. The first-order valence-corrected chi connectivity index (χ1v) is 11.1. The minimum Gasteiger partial charge on any atom is -0.342 e. The monoisotopic (exact) mass is 455 g/mol. The van der Waals surface area contributed by atoms with E-state index in [4.69, 9.17) is 0 Å². The Labute approximate surface area is 187 Å². The number of amides is 1. The van der Waals surface area contributed by atoms with Gasteiger partial charge in [0, 0.05) is 30.5 Å². The molecule has 1 saturated carbocycles. The first kappa shape index (κ1) is 20.2. The van der Waals surface area contributed by atoms with Crippen LogP contribution in [0, 0.1) is 18.8 Å². The second-order valence-corrected chi connectivity index (χ2v) is 9.12. The number of aromatic nitrogens is 7. The number of hydrogen-bond donors (Lipinski definition) is 2. The van der Waals surface area contributed by atoms with E-state index in [1.165, 1.54) is 23.5 Å². The maximum Gasteiger partial charge on any atom is 0.280 e. The number of H-pyrrole nitrogens is 1. The predicted molar refractivity (Wildman–Crippen MR) is 112 cm³/mol. The van der Waals surface area contributed by atoms with E-state index in [0.717, 1.165) is 42.9 Å². The molecule has 10 nitrogen and oxygen atoms in total. The number of carbonyl (C=O) groups excluding carboxylic acids is 1. The fraction of sp³-hybridized carbons (Fsp3) is 0.524. The van der Waals surface area contributed by atoms with Crippen molar-refractivity contribution < 1.29 is 13.6 Å². The van der Waals surface area contributed by atoms with E-state index >= 15 is 0 Å². The number of anilines is 1. The molecule has 2 N–H and O–H groups in total. The number of halogens is 2. The number of carbonyl (C=O) groups is 1. The summed E-state index contributed by atoms with van der Waals surface area (Å²) in [7, 11) is 0. The molecule has 2 fully saturated rings. The van der Waals surface area contributed by atoms with Gasteiger partial charge < -0.3 is 10.2 Å². The second-order valence-electron chi connectivity index (χ2n) is 9.12. The molecule has 1 saturated heterocycles. The van der Waals surface area contributed by atoms with Gasteiger partial charge in [-0.3, -0.25) is 9.89 Å². The number of alkyl halides is 2. The van der Waals surface area contributed by atoms with Gasteiger partial charge in [0.05, 0.1) is 24.5 Å². The molecule has 2 unspecified atom stereocenters. The smallest absolute Gasteiger partial charge is 0.280 e. The Morgan fingerprint density at radius 2 is 2.15 bits per heavy atom. The Balaban J connectivity index is 1.15. The highest BCUT2D eigenvalue weighted by Gasteiger charge is 2.46. The third-order valence-corrected chi connectivity index (χ3v) is 6.88. The maximum atomic E-state index is 13.7. The van der Waals surface area contributed by atoms with Crippen molar-refractivity contribution in [1.82, 2.24) is 40.5 Å². The SMILES string of the molecule is Cc1[nH]nc2c1CC[C@H]2NC(=O)c1cn(Cc2cnc(N3CC4CC4C3)nc2C(F)F)nn1. The number of rotatable bonds is 6. The fourth-order valence-electron chi connectivity index (χ4n) is 4.96. The molecule has 2 aliphatic carbocycles. The molecule has 1 amide bonds. The Hall–Kier alpha value is -3.44. The summed E-state index contributed by atoms with van der Waals surface area (Å²) in [5, 5.41) is 18.0. The molecule has 3 aliphatic rings. The summed E-state index contributed by atoms with van der Waals surface area (Å²) in [6.07, 6.45) is 2.96. The van der Waals surface area contributed by atoms with Crippen molar-refractivity contribution in [3.05, 3.63) is 46.3 Å². The number of fused-ring (bicyclic) bond motifs is 2. The molecule has 3 aromatic rings. The summed E-state index contributed by atoms with van der Waals surface area (Å²) in [4.78, 5) is 23.1. The van der Waals surface area contributed by atoms with Crippen LogP contribution in [0.1, 0.15) is 64.0 Å². The van der Waals surface area contributed by atoms with Crippen LogP contribution in [0.2, 0.25) is 0 Å². The van der Waals surface area contributed by atoms with Crippen LogP contribution in [0.15, 0.2) is 12.4 Å². The fourth-order valence-corrected chi connectivity index (χ4v) is 4.96. The highest BCUT2D eigenvalue weighted by atomic mass is 19.3. The van der Waals surface area contributed by atoms with Crippen LogP contribution in [-0.4, -0.2) is 54.2 Å². The van der Waals surface area contributed by atoms with E-state index in [9.17, 15) is 13.6 Å². The molecule has 172 valence electrons. The number of nitrogens with zero attached hydrogens (tertiary/aromatic N) is 7. The lowest BCUT2D eigenvalue weighted by atomic mass is 10.2. The number of hydrogen-bond acceptors (Lipinski definition) is 7. The van der Waals surface area contributed by atoms with Crippen molar-refractivity contribution >= 4 is 11.9 Å². The van der Waals surface area contributed by atoms with Crippen LogP contribution in [0.3, 0.4) is 0 Å². The Bertz CT molecular complexity index is 1210. The molecular weight excluding hydrogens is 432 g/mol. The topological polar surface area (TPSA) is 118 Å². The minimum absolute atomic E-state index is 0.00236. The van der Waals surface area contributed by atoms with Crippen molar-refractivity contribution in [2.24, 2.45) is 11.8 Å². The zero-order chi connectivity index (χ0) is 22.7. The predicted octanol–water partition coefficient (Wildman–Crippen LogP) is 1.96. The van der Waals surface area contributed by atoms with Crippen LogP contribution in [-0.2, 0) is 13.0 Å². The molecule has 0 spiro atoms. The third-order valence-electron chi connectivity index (χ3n) is 6.88. The number of nitrogens with one attached hydrogen (secondary N) is 2. The molecule has 0 aromatic carbocycles. The van der Waals surface area contributed by atoms with E-state index in [2.05, 4.69) is 35.8 Å². The van der Waals surface area contributed by atoms with Crippen LogP contribution in [0.5, 0.6) is 0 Å². The highest BCUT2D eigenvalue weighted by Crippen LogP contribution is 2.45. The van der Waals surface area contributed by atoms with Gasteiger partial charge in [0.1, 0.15) is 5.69 Å². The van der Waals surface area contributed by atoms with Crippen LogP contribution in [0.25, 0.3) is 0 Å². The zero-order valence-electron chi connectivity index (χ0n) is 18.0. The third kappa shape index (κ3) is 3.62. The van der Waals surface area contributed by atoms with E-state index in [-0.39, 0.29) is 35.4 Å². The Morgan fingerprint density at radius 1 is 1.33 bits per heavy atom. The Morgan fingerprint density at radius 3 is 2.94 bits per heavy atom. The van der Waals surface area contributed by atoms with Gasteiger partial charge in [-0.2, -0.15) is 5.10 Å². The molecule has 6 rings (SSSR count). The number of aryl methyl sites for hydroxylation is 1. The van der Waals surface area contributed by atoms with Gasteiger partial charge in [-0.05, 0) is 43.6 Å². The standard InChI is InChI=1S/C21H23F2N9O/c1-10-14-2-3-15(18(14)29-27-10)25-20(33)16-9-32(30-28-16)8-13-5-24-21(26-17(13)19(22)23)31-6-11-4-12(11)7-31/h5,9,11-12,15,19H,2-4,6-8H2,1H3,(H,25,33)(H,27,29)/t11?,12?,15-/m1/s1. The lowest BCUT2D eigenvalue weighted by Gasteiger charge is -2.19. The molecule has 0 bridgehead atoms. The van der Waals surface area contributed by atoms with Crippen LogP contribution < -0.4 is 10.2 Å². The summed E-state index contributed by atoms with van der Waals surface area (Å²) in [6.45, 7) is 3.61. The first-order chi connectivity index (χ1) is 16.0. The molecule has 12 heteroatoms. The van der Waals surface area contributed by atoms with Crippen molar-refractivity contribution in [2.45, 2.75) is 45.2 Å². The van der Waals surface area contributed by atoms with Gasteiger partial charge in [-0.1, -0.05) is 5.21 Å². The lowest BCUT2D eigenvalue weighted by molar-refractivity contribution is 0.0930. The summed E-state index contributed by atoms with van der Waals surface area (Å²) >= 11 is 0. The Kier molecular flexibility index (Phi) is 4.63. The molecule has 3 atom stereocenters. The summed E-state index contributed by atoms with van der Waals surface area (Å²) in [6, 6.07) is -0.189. The minimum atomic E-state index is -2.74. The molecule has 1 aliphatic heterocycles. The van der Waals surface area contributed by atoms with Crippen molar-refractivity contribution in [2.75, 3.05) is 18.0 Å². The van der Waals surface area contributed by atoms with Gasteiger partial charge in [0.25, 0.3) is 12.3 Å². The van der Waals surface area contributed by atoms with E-state index in [1.54, 1.807) is 0 Å². The van der Waals surface area contributed by atoms with Gasteiger partial charge >= 0.3 is 0 Å². The van der Waals surface area contributed by atoms with Gasteiger partial charge in [-0.15, -0.1) is 5.10 Å². The normalized spacial score (nSPS) is 23.2. The number of piperidine rings is 1. The molecule has 0 radical (unpaired) electrons. The first-order valence-electron chi connectivity index (χ1n) is 11.1. The lowest BCUT2D eigenvalue weighted by Crippen LogP contribution is -2.27. The van der Waals surface area contributed by atoms with Gasteiger partial charge in [0.15, 0.2) is 5.69 Å². The number of aromatic amines is 1. The second kappa shape index (κ2) is 7.56. The molecule has 33 heavy (non-hydrogen) atoms. The summed E-state index contributed by atoms with van der Waals surface area (Å²) in [5.74, 6) is 1.27.